The first-order chi connectivity index (χ1) is 8.71. The second kappa shape index (κ2) is 5.46. The van der Waals surface area contributed by atoms with E-state index in [-0.39, 0.29) is 5.78 Å². The summed E-state index contributed by atoms with van der Waals surface area (Å²) < 4.78 is 19.2. The molecule has 1 N–H and O–H groups in total. The van der Waals surface area contributed by atoms with E-state index in [1.54, 1.807) is 13.2 Å². The number of carbonyl (C=O) groups is 1. The summed E-state index contributed by atoms with van der Waals surface area (Å²) in [5.41, 5.74) is 2.21. The second-order valence-corrected chi connectivity index (χ2v) is 4.39. The molecule has 4 nitrogen and oxygen atoms in total. The molecule has 0 saturated carbocycles. The number of ketones is 1. The molecule has 2 rings (SSSR count). The van der Waals surface area contributed by atoms with E-state index in [0.717, 1.165) is 12.0 Å². The Morgan fingerprint density at radius 2 is 1.89 bits per heavy atom. The lowest BCUT2D eigenvalue weighted by Crippen LogP contribution is -2.14. The van der Waals surface area contributed by atoms with Crippen molar-refractivity contribution in [1.29, 1.82) is 0 Å². The van der Waals surface area contributed by atoms with Crippen molar-refractivity contribution in [3.63, 3.8) is 0 Å². The third kappa shape index (κ3) is 2.23. The van der Waals surface area contributed by atoms with Crippen molar-refractivity contribution < 1.29 is 18.8 Å². The summed E-state index contributed by atoms with van der Waals surface area (Å²) in [5, 5.41) is 1.49. The molecule has 0 unspecified atom stereocenters. The van der Waals surface area contributed by atoms with Crippen LogP contribution < -0.4 is 9.47 Å². The summed E-state index contributed by atoms with van der Waals surface area (Å²) in [7, 11) is 3.11. The number of benzene rings is 1. The Balaban J connectivity index is 2.49. The van der Waals surface area contributed by atoms with Crippen LogP contribution in [0.5, 0.6) is 11.5 Å². The first-order valence-electron chi connectivity index (χ1n) is 5.50. The molecule has 0 aliphatic heterocycles. The Hall–Kier alpha value is -1.46. The van der Waals surface area contributed by atoms with Crippen LogP contribution in [0, 0.1) is 0 Å². The molecule has 96 valence electrons. The topological polar surface area (TPSA) is 55.8 Å². The lowest BCUT2D eigenvalue weighted by molar-refractivity contribution is 0.102. The number of aryl methyl sites for hydroxylation is 1. The van der Waals surface area contributed by atoms with Crippen LogP contribution in [0.15, 0.2) is 23.1 Å². The zero-order valence-electron chi connectivity index (χ0n) is 10.2. The minimum atomic E-state index is -0.0567. The van der Waals surface area contributed by atoms with Crippen molar-refractivity contribution in [2.45, 2.75) is 12.8 Å². The van der Waals surface area contributed by atoms with Crippen molar-refractivity contribution in [1.82, 2.24) is 0 Å². The third-order valence-corrected chi connectivity index (χ3v) is 3.39. The molecule has 0 saturated heterocycles. The molecule has 18 heavy (non-hydrogen) atoms. The molecular formula is C13H14O4S. The second-order valence-electron chi connectivity index (χ2n) is 3.94. The smallest absolute Gasteiger partial charge is 0.190 e. The number of hydrogen-bond acceptors (Lipinski definition) is 5. The maximum Gasteiger partial charge on any atom is 0.190 e. The Kier molecular flexibility index (Phi) is 3.93. The van der Waals surface area contributed by atoms with E-state index in [1.165, 1.54) is 12.5 Å². The van der Waals surface area contributed by atoms with Crippen LogP contribution in [0.1, 0.15) is 22.3 Å². The van der Waals surface area contributed by atoms with E-state index in [9.17, 15) is 4.79 Å². The average Bonchev–Trinajstić information content (AvgIpc) is 2.41. The summed E-state index contributed by atoms with van der Waals surface area (Å²) in [6.07, 6.45) is 1.39. The summed E-state index contributed by atoms with van der Waals surface area (Å²) in [5.74, 6) is 1.12. The molecule has 0 aromatic heterocycles. The van der Waals surface area contributed by atoms with E-state index >= 15 is 0 Å². The molecule has 1 aliphatic rings. The first kappa shape index (κ1) is 13.0. The lowest BCUT2D eigenvalue weighted by atomic mass is 9.87. The fourth-order valence-corrected chi connectivity index (χ4v) is 2.42. The van der Waals surface area contributed by atoms with Gasteiger partial charge in [0, 0.05) is 28.6 Å². The van der Waals surface area contributed by atoms with Gasteiger partial charge in [-0.15, -0.1) is 0 Å². The van der Waals surface area contributed by atoms with Crippen molar-refractivity contribution in [2.24, 2.45) is 0 Å². The summed E-state index contributed by atoms with van der Waals surface area (Å²) in [6, 6.07) is 3.54. The highest BCUT2D eigenvalue weighted by Crippen LogP contribution is 2.35. The lowest BCUT2D eigenvalue weighted by Gasteiger charge is -2.19. The predicted octanol–water partition coefficient (Wildman–Crippen LogP) is 2.92. The monoisotopic (exact) mass is 266 g/mol. The number of rotatable bonds is 3. The van der Waals surface area contributed by atoms with Gasteiger partial charge < -0.3 is 14.0 Å². The van der Waals surface area contributed by atoms with Gasteiger partial charge in [-0.05, 0) is 30.5 Å². The number of fused-ring (bicyclic) bond motifs is 1. The van der Waals surface area contributed by atoms with Gasteiger partial charge in [0.25, 0.3) is 0 Å². The molecule has 0 heterocycles. The summed E-state index contributed by atoms with van der Waals surface area (Å²) in [6.45, 7) is 0. The van der Waals surface area contributed by atoms with Crippen molar-refractivity contribution in [3.8, 4) is 11.5 Å². The van der Waals surface area contributed by atoms with Crippen LogP contribution in [-0.4, -0.2) is 24.6 Å². The Morgan fingerprint density at radius 3 is 2.50 bits per heavy atom. The summed E-state index contributed by atoms with van der Waals surface area (Å²) in [4.78, 5) is 12.2. The van der Waals surface area contributed by atoms with Crippen LogP contribution in [0.2, 0.25) is 0 Å². The number of allylic oxidation sites excluding steroid dienone is 1. The zero-order valence-corrected chi connectivity index (χ0v) is 11.0. The van der Waals surface area contributed by atoms with Gasteiger partial charge in [0.1, 0.15) is 0 Å². The molecule has 1 aromatic rings. The van der Waals surface area contributed by atoms with Gasteiger partial charge in [-0.1, -0.05) is 0 Å². The predicted molar refractivity (Wildman–Crippen MR) is 70.5 cm³/mol. The normalized spacial score (nSPS) is 16.6. The summed E-state index contributed by atoms with van der Waals surface area (Å²) >= 11 is 0.565. The van der Waals surface area contributed by atoms with Crippen LogP contribution in [0.3, 0.4) is 0 Å². The maximum atomic E-state index is 12.2. The van der Waals surface area contributed by atoms with Crippen LogP contribution in [-0.2, 0) is 6.42 Å². The van der Waals surface area contributed by atoms with Gasteiger partial charge in [-0.2, -0.15) is 0 Å². The molecule has 5 heteroatoms. The van der Waals surface area contributed by atoms with Crippen molar-refractivity contribution >= 4 is 17.8 Å². The van der Waals surface area contributed by atoms with E-state index in [4.69, 9.17) is 14.0 Å². The minimum absolute atomic E-state index is 0.0567. The average molecular weight is 266 g/mol. The highest BCUT2D eigenvalue weighted by Gasteiger charge is 2.24. The molecule has 0 amide bonds. The molecule has 1 aliphatic carbocycles. The standard InChI is InChI=1S/C13H14O4S/c1-16-11-5-8-3-4-9(7-18-15)13(14)10(8)6-12(11)17-2/h5-7,15H,3-4H2,1-2H3. The number of methoxy groups -OCH3 is 2. The SMILES string of the molecule is COc1cc2c(cc1OC)C(=O)C(=CSO)CC2. The van der Waals surface area contributed by atoms with Crippen molar-refractivity contribution in [2.75, 3.05) is 14.2 Å². The minimum Gasteiger partial charge on any atom is -0.493 e. The van der Waals surface area contributed by atoms with E-state index in [2.05, 4.69) is 0 Å². The van der Waals surface area contributed by atoms with E-state index in [0.29, 0.717) is 41.1 Å². The first-order valence-corrected chi connectivity index (χ1v) is 6.33. The van der Waals surface area contributed by atoms with E-state index in [1.807, 2.05) is 6.07 Å². The van der Waals surface area contributed by atoms with Gasteiger partial charge in [0.2, 0.25) is 0 Å². The zero-order chi connectivity index (χ0) is 13.1. The maximum absolute atomic E-state index is 12.2. The fraction of sp³-hybridized carbons (Fsp3) is 0.308. The quantitative estimate of drug-likeness (QED) is 0.673. The van der Waals surface area contributed by atoms with Gasteiger partial charge in [-0.25, -0.2) is 0 Å². The van der Waals surface area contributed by atoms with E-state index < -0.39 is 0 Å². The molecular weight excluding hydrogens is 252 g/mol. The van der Waals surface area contributed by atoms with Gasteiger partial charge in [-0.3, -0.25) is 4.79 Å². The number of hydrogen-bond donors (Lipinski definition) is 1. The molecule has 0 spiro atoms. The Bertz CT molecular complexity index is 508. The van der Waals surface area contributed by atoms with Crippen LogP contribution in [0.25, 0.3) is 0 Å². The molecule has 0 bridgehead atoms. The Morgan fingerprint density at radius 1 is 1.22 bits per heavy atom. The highest BCUT2D eigenvalue weighted by atomic mass is 32.2. The van der Waals surface area contributed by atoms with Crippen LogP contribution in [0.4, 0.5) is 0 Å². The Labute approximate surface area is 110 Å². The molecule has 1 aromatic carbocycles. The van der Waals surface area contributed by atoms with Gasteiger partial charge >= 0.3 is 0 Å². The molecule has 0 fully saturated rings. The van der Waals surface area contributed by atoms with Gasteiger partial charge in [0.05, 0.1) is 14.2 Å². The largest absolute Gasteiger partial charge is 0.493 e. The molecule has 0 atom stereocenters. The number of carbonyl (C=O) groups excluding carboxylic acids is 1. The third-order valence-electron chi connectivity index (χ3n) is 3.00. The highest BCUT2D eigenvalue weighted by molar-refractivity contribution is 7.96. The number of ether oxygens (including phenoxy) is 2. The molecule has 0 radical (unpaired) electrons. The van der Waals surface area contributed by atoms with Crippen LogP contribution >= 0.6 is 12.0 Å². The fourth-order valence-electron chi connectivity index (χ4n) is 2.07. The number of Topliss-reactive ketones (excluding diaryl/α,β-unsaturated/α-hetero) is 1. The van der Waals surface area contributed by atoms with Gasteiger partial charge in [0.15, 0.2) is 17.3 Å². The van der Waals surface area contributed by atoms with Crippen molar-refractivity contribution in [3.05, 3.63) is 34.2 Å².